The van der Waals surface area contributed by atoms with Crippen LogP contribution in [0.25, 0.3) is 0 Å². The van der Waals surface area contributed by atoms with Crippen molar-refractivity contribution in [1.29, 1.82) is 0 Å². The molecule has 1 rings (SSSR count). The van der Waals surface area contributed by atoms with Crippen LogP contribution in [0.4, 0.5) is 0 Å². The molecule has 0 saturated heterocycles. The summed E-state index contributed by atoms with van der Waals surface area (Å²) in [5.74, 6) is 3.73. The molecule has 3 atom stereocenters. The van der Waals surface area contributed by atoms with E-state index in [1.807, 2.05) is 0 Å². The lowest BCUT2D eigenvalue weighted by Gasteiger charge is -2.15. The van der Waals surface area contributed by atoms with Gasteiger partial charge in [0.1, 0.15) is 0 Å². The van der Waals surface area contributed by atoms with Crippen LogP contribution in [0, 0.1) is 29.1 Å². The first-order valence-electron chi connectivity index (χ1n) is 5.37. The van der Waals surface area contributed by atoms with Gasteiger partial charge in [0.15, 0.2) is 0 Å². The summed E-state index contributed by atoms with van der Waals surface area (Å²) >= 11 is 0. The van der Waals surface area contributed by atoms with Crippen molar-refractivity contribution in [3.8, 4) is 0 Å². The topological polar surface area (TPSA) is 0 Å². The van der Waals surface area contributed by atoms with Gasteiger partial charge in [-0.05, 0) is 35.5 Å². The van der Waals surface area contributed by atoms with Crippen LogP contribution in [0.2, 0.25) is 0 Å². The molecule has 1 aliphatic carbocycles. The van der Waals surface area contributed by atoms with E-state index in [-0.39, 0.29) is 0 Å². The van der Waals surface area contributed by atoms with Gasteiger partial charge < -0.3 is 0 Å². The smallest absolute Gasteiger partial charge is 0.0292 e. The second-order valence-electron chi connectivity index (χ2n) is 5.74. The maximum atomic E-state index is 2.43. The molecule has 0 N–H and O–H groups in total. The van der Waals surface area contributed by atoms with E-state index in [4.69, 9.17) is 0 Å². The lowest BCUT2D eigenvalue weighted by atomic mass is 9.91. The van der Waals surface area contributed by atoms with Crippen molar-refractivity contribution in [3.63, 3.8) is 0 Å². The summed E-state index contributed by atoms with van der Waals surface area (Å²) in [5, 5.41) is 0. The third-order valence-electron chi connectivity index (χ3n) is 3.92. The summed E-state index contributed by atoms with van der Waals surface area (Å²) in [5.41, 5.74) is 0.633. The first-order valence-corrected chi connectivity index (χ1v) is 5.37. The average Bonchev–Trinajstić information content (AvgIpc) is 2.30. The van der Waals surface area contributed by atoms with E-state index in [1.54, 1.807) is 0 Å². The summed E-state index contributed by atoms with van der Waals surface area (Å²) in [4.78, 5) is 0. The highest BCUT2D eigenvalue weighted by Gasteiger charge is 2.56. The standard InChI is InChI=1S/C12H24/c1-8(2)7-9(3)11-10(4)12(11,5)6/h8-11H,7H2,1-6H3. The monoisotopic (exact) mass is 168 g/mol. The molecule has 0 bridgehead atoms. The molecule has 0 heterocycles. The van der Waals surface area contributed by atoms with E-state index >= 15 is 0 Å². The Kier molecular flexibility index (Phi) is 2.56. The highest BCUT2D eigenvalue weighted by molar-refractivity contribution is 5.04. The Balaban J connectivity index is 2.41. The van der Waals surface area contributed by atoms with Gasteiger partial charge in [0.25, 0.3) is 0 Å². The molecule has 0 aromatic heterocycles. The molecule has 0 aromatic rings. The molecule has 0 aliphatic heterocycles. The van der Waals surface area contributed by atoms with E-state index in [0.717, 1.165) is 23.7 Å². The van der Waals surface area contributed by atoms with E-state index in [2.05, 4.69) is 41.5 Å². The Hall–Kier alpha value is 0. The van der Waals surface area contributed by atoms with Crippen LogP contribution < -0.4 is 0 Å². The largest absolute Gasteiger partial charge is 0.0628 e. The minimum Gasteiger partial charge on any atom is -0.0628 e. The zero-order valence-corrected chi connectivity index (χ0v) is 9.52. The first-order chi connectivity index (χ1) is 5.37. The van der Waals surface area contributed by atoms with Crippen molar-refractivity contribution in [3.05, 3.63) is 0 Å². The molecule has 72 valence electrons. The van der Waals surface area contributed by atoms with Gasteiger partial charge >= 0.3 is 0 Å². The van der Waals surface area contributed by atoms with E-state index in [0.29, 0.717) is 5.41 Å². The molecule has 0 amide bonds. The Labute approximate surface area is 77.7 Å². The normalized spacial score (nSPS) is 35.2. The minimum absolute atomic E-state index is 0.633. The summed E-state index contributed by atoms with van der Waals surface area (Å²) < 4.78 is 0. The molecule has 1 saturated carbocycles. The predicted molar refractivity (Wildman–Crippen MR) is 55.1 cm³/mol. The van der Waals surface area contributed by atoms with Crippen molar-refractivity contribution < 1.29 is 0 Å². The highest BCUT2D eigenvalue weighted by atomic mass is 14.6. The molecule has 0 spiro atoms. The molecule has 0 heteroatoms. The molecule has 1 fully saturated rings. The Bertz CT molecular complexity index is 155. The number of hydrogen-bond acceptors (Lipinski definition) is 0. The molecular formula is C12H24. The minimum atomic E-state index is 0.633. The maximum Gasteiger partial charge on any atom is -0.0292 e. The summed E-state index contributed by atoms with van der Waals surface area (Å²) in [6.07, 6.45) is 1.40. The maximum absolute atomic E-state index is 2.43. The molecule has 1 aliphatic rings. The lowest BCUT2D eigenvalue weighted by Crippen LogP contribution is -2.06. The van der Waals surface area contributed by atoms with Gasteiger partial charge in [-0.15, -0.1) is 0 Å². The summed E-state index contributed by atoms with van der Waals surface area (Å²) in [7, 11) is 0. The van der Waals surface area contributed by atoms with Gasteiger partial charge in [0, 0.05) is 0 Å². The van der Waals surface area contributed by atoms with E-state index < -0.39 is 0 Å². The first kappa shape index (κ1) is 10.1. The van der Waals surface area contributed by atoms with Crippen molar-refractivity contribution in [2.75, 3.05) is 0 Å². The highest BCUT2D eigenvalue weighted by Crippen LogP contribution is 2.62. The van der Waals surface area contributed by atoms with Gasteiger partial charge in [-0.1, -0.05) is 41.5 Å². The van der Waals surface area contributed by atoms with Crippen LogP contribution in [0.5, 0.6) is 0 Å². The van der Waals surface area contributed by atoms with Gasteiger partial charge in [-0.2, -0.15) is 0 Å². The fraction of sp³-hybridized carbons (Fsp3) is 1.00. The van der Waals surface area contributed by atoms with Crippen molar-refractivity contribution >= 4 is 0 Å². The Morgan fingerprint density at radius 3 is 1.83 bits per heavy atom. The third kappa shape index (κ3) is 1.67. The fourth-order valence-corrected chi connectivity index (χ4v) is 3.06. The van der Waals surface area contributed by atoms with Crippen LogP contribution >= 0.6 is 0 Å². The van der Waals surface area contributed by atoms with Crippen LogP contribution in [0.1, 0.15) is 48.0 Å². The van der Waals surface area contributed by atoms with Gasteiger partial charge in [0.05, 0.1) is 0 Å². The van der Waals surface area contributed by atoms with E-state index in [1.165, 1.54) is 6.42 Å². The van der Waals surface area contributed by atoms with Crippen LogP contribution in [-0.2, 0) is 0 Å². The summed E-state index contributed by atoms with van der Waals surface area (Å²) in [6.45, 7) is 14.3. The zero-order chi connectivity index (χ0) is 9.52. The van der Waals surface area contributed by atoms with Gasteiger partial charge in [-0.3, -0.25) is 0 Å². The van der Waals surface area contributed by atoms with E-state index in [9.17, 15) is 0 Å². The van der Waals surface area contributed by atoms with Crippen molar-refractivity contribution in [2.45, 2.75) is 48.0 Å². The Morgan fingerprint density at radius 2 is 1.58 bits per heavy atom. The average molecular weight is 168 g/mol. The van der Waals surface area contributed by atoms with Gasteiger partial charge in [0.2, 0.25) is 0 Å². The molecule has 0 radical (unpaired) electrons. The number of rotatable bonds is 3. The third-order valence-corrected chi connectivity index (χ3v) is 3.92. The zero-order valence-electron chi connectivity index (χ0n) is 9.52. The molecular weight excluding hydrogens is 144 g/mol. The van der Waals surface area contributed by atoms with Crippen LogP contribution in [0.3, 0.4) is 0 Å². The predicted octanol–water partition coefficient (Wildman–Crippen LogP) is 3.96. The van der Waals surface area contributed by atoms with Crippen LogP contribution in [-0.4, -0.2) is 0 Å². The lowest BCUT2D eigenvalue weighted by molar-refractivity contribution is 0.352. The molecule has 12 heavy (non-hydrogen) atoms. The molecule has 3 unspecified atom stereocenters. The SMILES string of the molecule is CC(C)CC(C)C1C(C)C1(C)C. The molecule has 0 nitrogen and oxygen atoms in total. The number of hydrogen-bond donors (Lipinski definition) is 0. The quantitative estimate of drug-likeness (QED) is 0.598. The van der Waals surface area contributed by atoms with Gasteiger partial charge in [-0.25, -0.2) is 0 Å². The summed E-state index contributed by atoms with van der Waals surface area (Å²) in [6, 6.07) is 0. The fourth-order valence-electron chi connectivity index (χ4n) is 3.06. The second kappa shape index (κ2) is 3.05. The van der Waals surface area contributed by atoms with Crippen molar-refractivity contribution in [2.24, 2.45) is 29.1 Å². The molecule has 0 aromatic carbocycles. The van der Waals surface area contributed by atoms with Crippen molar-refractivity contribution in [1.82, 2.24) is 0 Å². The second-order valence-corrected chi connectivity index (χ2v) is 5.74. The van der Waals surface area contributed by atoms with Crippen LogP contribution in [0.15, 0.2) is 0 Å². The Morgan fingerprint density at radius 1 is 1.17 bits per heavy atom.